The first-order valence-electron chi connectivity index (χ1n) is 9.72. The Bertz CT molecular complexity index is 477. The van der Waals surface area contributed by atoms with Crippen LogP contribution >= 0.6 is 0 Å². The van der Waals surface area contributed by atoms with Crippen molar-refractivity contribution in [3.8, 4) is 0 Å². The van der Waals surface area contributed by atoms with Crippen molar-refractivity contribution in [3.63, 3.8) is 0 Å². The molecule has 0 bridgehead atoms. The van der Waals surface area contributed by atoms with E-state index in [0.717, 1.165) is 12.0 Å². The van der Waals surface area contributed by atoms with Gasteiger partial charge in [-0.25, -0.2) is 4.79 Å². The lowest BCUT2D eigenvalue weighted by atomic mass is 10.0. The summed E-state index contributed by atoms with van der Waals surface area (Å²) in [6.45, 7) is 2.27. The number of rotatable bonds is 14. The second kappa shape index (κ2) is 13.8. The lowest BCUT2D eigenvalue weighted by molar-refractivity contribution is -0.131. The molecule has 134 valence electrons. The number of carboxylic acid groups (broad SMARTS) is 1. The molecule has 0 atom stereocenters. The second-order valence-corrected chi connectivity index (χ2v) is 6.70. The maximum Gasteiger partial charge on any atom is 0.328 e. The predicted molar refractivity (Wildman–Crippen MR) is 103 cm³/mol. The molecule has 0 aliphatic rings. The van der Waals surface area contributed by atoms with Gasteiger partial charge in [0.05, 0.1) is 0 Å². The van der Waals surface area contributed by atoms with Gasteiger partial charge in [0.2, 0.25) is 0 Å². The maximum absolute atomic E-state index is 10.6. The van der Waals surface area contributed by atoms with E-state index in [9.17, 15) is 4.79 Å². The van der Waals surface area contributed by atoms with E-state index in [1.807, 2.05) is 12.1 Å². The summed E-state index contributed by atoms with van der Waals surface area (Å²) in [5.41, 5.74) is 2.27. The van der Waals surface area contributed by atoms with Gasteiger partial charge in [0, 0.05) is 6.08 Å². The lowest BCUT2D eigenvalue weighted by Gasteiger charge is -2.04. The predicted octanol–water partition coefficient (Wildman–Crippen LogP) is 6.64. The van der Waals surface area contributed by atoms with Crippen molar-refractivity contribution in [1.82, 2.24) is 0 Å². The van der Waals surface area contributed by atoms with Crippen LogP contribution < -0.4 is 0 Å². The third kappa shape index (κ3) is 11.0. The number of unbranched alkanes of at least 4 members (excludes halogenated alkanes) is 10. The highest BCUT2D eigenvalue weighted by molar-refractivity contribution is 5.85. The normalized spacial score (nSPS) is 11.2. The monoisotopic (exact) mass is 330 g/mol. The van der Waals surface area contributed by atoms with Crippen LogP contribution in [0.3, 0.4) is 0 Å². The van der Waals surface area contributed by atoms with E-state index in [1.54, 1.807) is 6.08 Å². The van der Waals surface area contributed by atoms with Gasteiger partial charge in [-0.3, -0.25) is 0 Å². The fourth-order valence-electron chi connectivity index (χ4n) is 3.01. The summed E-state index contributed by atoms with van der Waals surface area (Å²) in [4.78, 5) is 10.6. The molecule has 24 heavy (non-hydrogen) atoms. The summed E-state index contributed by atoms with van der Waals surface area (Å²) in [7, 11) is 0. The van der Waals surface area contributed by atoms with Crippen molar-refractivity contribution in [1.29, 1.82) is 0 Å². The van der Waals surface area contributed by atoms with Crippen LogP contribution in [0.2, 0.25) is 0 Å². The molecule has 2 heteroatoms. The van der Waals surface area contributed by atoms with Crippen molar-refractivity contribution in [2.45, 2.75) is 84.0 Å². The SMILES string of the molecule is CCCCCCCCCCCCCc1cccc(C=CC(=O)O)c1. The van der Waals surface area contributed by atoms with Crippen LogP contribution in [0.25, 0.3) is 6.08 Å². The molecule has 0 saturated heterocycles. The average Bonchev–Trinajstić information content (AvgIpc) is 2.58. The highest BCUT2D eigenvalue weighted by Crippen LogP contribution is 2.14. The van der Waals surface area contributed by atoms with E-state index in [2.05, 4.69) is 19.1 Å². The third-order valence-electron chi connectivity index (χ3n) is 4.44. The van der Waals surface area contributed by atoms with Gasteiger partial charge < -0.3 is 5.11 Å². The molecule has 0 saturated carbocycles. The Morgan fingerprint density at radius 3 is 2.08 bits per heavy atom. The summed E-state index contributed by atoms with van der Waals surface area (Å²) in [6.07, 6.45) is 18.9. The van der Waals surface area contributed by atoms with Crippen molar-refractivity contribution in [2.75, 3.05) is 0 Å². The highest BCUT2D eigenvalue weighted by Gasteiger charge is 1.97. The molecule has 0 spiro atoms. The number of benzene rings is 1. The fourth-order valence-corrected chi connectivity index (χ4v) is 3.01. The van der Waals surface area contributed by atoms with E-state index in [-0.39, 0.29) is 0 Å². The van der Waals surface area contributed by atoms with E-state index < -0.39 is 5.97 Å². The molecule has 0 aromatic heterocycles. The zero-order chi connectivity index (χ0) is 17.5. The molecule has 0 unspecified atom stereocenters. The first-order chi connectivity index (χ1) is 11.7. The Morgan fingerprint density at radius 2 is 1.50 bits per heavy atom. The minimum atomic E-state index is -0.897. The van der Waals surface area contributed by atoms with Crippen LogP contribution in [0.1, 0.15) is 88.7 Å². The van der Waals surface area contributed by atoms with Crippen LogP contribution in [0.4, 0.5) is 0 Å². The number of aliphatic carboxylic acids is 1. The summed E-state index contributed by atoms with van der Waals surface area (Å²) in [6, 6.07) is 8.18. The van der Waals surface area contributed by atoms with Crippen molar-refractivity contribution in [2.24, 2.45) is 0 Å². The molecule has 1 N–H and O–H groups in total. The fraction of sp³-hybridized carbons (Fsp3) is 0.591. The molecule has 1 aromatic rings. The average molecular weight is 331 g/mol. The van der Waals surface area contributed by atoms with Crippen molar-refractivity contribution >= 4 is 12.0 Å². The molecule has 1 aromatic carbocycles. The van der Waals surface area contributed by atoms with Crippen molar-refractivity contribution < 1.29 is 9.90 Å². The topological polar surface area (TPSA) is 37.3 Å². The molecule has 0 aliphatic heterocycles. The second-order valence-electron chi connectivity index (χ2n) is 6.70. The van der Waals surface area contributed by atoms with E-state index in [1.165, 1.54) is 82.3 Å². The molecular weight excluding hydrogens is 296 g/mol. The van der Waals surface area contributed by atoms with Gasteiger partial charge in [0.15, 0.2) is 0 Å². The van der Waals surface area contributed by atoms with Crippen LogP contribution in [0.5, 0.6) is 0 Å². The van der Waals surface area contributed by atoms with Crippen LogP contribution in [-0.2, 0) is 11.2 Å². The molecule has 0 heterocycles. The molecule has 0 aliphatic carbocycles. The van der Waals surface area contributed by atoms with Crippen LogP contribution in [0.15, 0.2) is 30.3 Å². The minimum Gasteiger partial charge on any atom is -0.478 e. The summed E-state index contributed by atoms with van der Waals surface area (Å²) in [5.74, 6) is -0.897. The zero-order valence-electron chi connectivity index (χ0n) is 15.3. The quantitative estimate of drug-likeness (QED) is 0.307. The standard InChI is InChI=1S/C22H34O2/c1-2-3-4-5-6-7-8-9-10-11-12-14-20-15-13-16-21(19-20)17-18-22(23)24/h13,15-19H,2-12,14H2,1H3,(H,23,24). The van der Waals surface area contributed by atoms with Crippen LogP contribution in [-0.4, -0.2) is 11.1 Å². The minimum absolute atomic E-state index is 0.897. The first kappa shape index (κ1) is 20.5. The summed E-state index contributed by atoms with van der Waals surface area (Å²) >= 11 is 0. The van der Waals surface area contributed by atoms with Gasteiger partial charge in [-0.1, -0.05) is 95.4 Å². The van der Waals surface area contributed by atoms with Gasteiger partial charge >= 0.3 is 5.97 Å². The summed E-state index contributed by atoms with van der Waals surface area (Å²) < 4.78 is 0. The van der Waals surface area contributed by atoms with Gasteiger partial charge in [-0.15, -0.1) is 0 Å². The van der Waals surface area contributed by atoms with Crippen LogP contribution in [0, 0.1) is 0 Å². The Hall–Kier alpha value is -1.57. The zero-order valence-corrected chi connectivity index (χ0v) is 15.3. The van der Waals surface area contributed by atoms with Gasteiger partial charge in [0.1, 0.15) is 0 Å². The Kier molecular flexibility index (Phi) is 11.8. The molecule has 0 fully saturated rings. The Labute approximate surface area is 148 Å². The molecule has 0 amide bonds. The van der Waals surface area contributed by atoms with E-state index in [4.69, 9.17) is 5.11 Å². The maximum atomic E-state index is 10.6. The van der Waals surface area contributed by atoms with Gasteiger partial charge in [-0.2, -0.15) is 0 Å². The molecular formula is C22H34O2. The number of hydrogen-bond donors (Lipinski definition) is 1. The summed E-state index contributed by atoms with van der Waals surface area (Å²) in [5, 5.41) is 8.67. The Morgan fingerprint density at radius 1 is 0.917 bits per heavy atom. The van der Waals surface area contributed by atoms with E-state index >= 15 is 0 Å². The van der Waals surface area contributed by atoms with E-state index in [0.29, 0.717) is 0 Å². The smallest absolute Gasteiger partial charge is 0.328 e. The number of hydrogen-bond acceptors (Lipinski definition) is 1. The number of carboxylic acids is 1. The Balaban J connectivity index is 2.05. The molecule has 2 nitrogen and oxygen atoms in total. The number of aryl methyl sites for hydroxylation is 1. The lowest BCUT2D eigenvalue weighted by Crippen LogP contribution is -1.89. The molecule has 1 rings (SSSR count). The first-order valence-corrected chi connectivity index (χ1v) is 9.72. The third-order valence-corrected chi connectivity index (χ3v) is 4.44. The highest BCUT2D eigenvalue weighted by atomic mass is 16.4. The van der Waals surface area contributed by atoms with Gasteiger partial charge in [-0.05, 0) is 30.0 Å². The number of carbonyl (C=O) groups is 1. The largest absolute Gasteiger partial charge is 0.478 e. The molecule has 0 radical (unpaired) electrons. The van der Waals surface area contributed by atoms with Gasteiger partial charge in [0.25, 0.3) is 0 Å². The van der Waals surface area contributed by atoms with Crippen molar-refractivity contribution in [3.05, 3.63) is 41.5 Å².